The second kappa shape index (κ2) is 9.09. The molecule has 5 nitrogen and oxygen atoms in total. The third-order valence-corrected chi connectivity index (χ3v) is 6.90. The molecule has 0 radical (unpaired) electrons. The third kappa shape index (κ3) is 4.87. The summed E-state index contributed by atoms with van der Waals surface area (Å²) in [5.74, 6) is 2.49. The van der Waals surface area contributed by atoms with Crippen molar-refractivity contribution in [2.45, 2.75) is 45.2 Å². The molecule has 154 valence electrons. The minimum Gasteiger partial charge on any atom is -0.362 e. The molecule has 1 aliphatic carbocycles. The molecule has 0 amide bonds. The van der Waals surface area contributed by atoms with Crippen LogP contribution < -0.4 is 15.5 Å². The number of fused-ring (bicyclic) bond motifs is 1. The van der Waals surface area contributed by atoms with E-state index in [1.807, 2.05) is 37.6 Å². The maximum absolute atomic E-state index is 4.79. The smallest absolute Gasteiger partial charge is 0.225 e. The van der Waals surface area contributed by atoms with E-state index >= 15 is 0 Å². The Morgan fingerprint density at radius 3 is 2.59 bits per heavy atom. The first-order valence-corrected chi connectivity index (χ1v) is 11.4. The average Bonchev–Trinajstić information content (AvgIpc) is 3.13. The van der Waals surface area contributed by atoms with E-state index in [2.05, 4.69) is 46.0 Å². The fraction of sp³-hybridized carbons (Fsp3) is 0.478. The minimum absolute atomic E-state index is 0.460. The normalized spacial score (nSPS) is 19.4. The van der Waals surface area contributed by atoms with Gasteiger partial charge >= 0.3 is 0 Å². The van der Waals surface area contributed by atoms with E-state index in [0.29, 0.717) is 6.04 Å². The molecule has 2 heterocycles. The molecule has 0 aliphatic heterocycles. The Morgan fingerprint density at radius 2 is 1.86 bits per heavy atom. The molecular weight excluding hydrogens is 378 g/mol. The molecule has 0 bridgehead atoms. The Hall–Kier alpha value is -2.18. The topological polar surface area (TPSA) is 53.1 Å². The van der Waals surface area contributed by atoms with E-state index in [-0.39, 0.29) is 0 Å². The molecule has 1 saturated carbocycles. The quantitative estimate of drug-likeness (QED) is 0.586. The summed E-state index contributed by atoms with van der Waals surface area (Å²) >= 11 is 1.85. The number of anilines is 2. The number of hydrogen-bond acceptors (Lipinski definition) is 6. The molecule has 0 unspecified atom stereocenters. The fourth-order valence-corrected chi connectivity index (χ4v) is 5.01. The largest absolute Gasteiger partial charge is 0.362 e. The van der Waals surface area contributed by atoms with Crippen molar-refractivity contribution in [2.75, 3.05) is 30.9 Å². The van der Waals surface area contributed by atoms with Crippen LogP contribution in [0.4, 0.5) is 11.8 Å². The Labute approximate surface area is 177 Å². The Kier molecular flexibility index (Phi) is 6.31. The van der Waals surface area contributed by atoms with Crippen molar-refractivity contribution >= 4 is 34.0 Å². The first kappa shape index (κ1) is 20.1. The highest BCUT2D eigenvalue weighted by Gasteiger charge is 2.22. The third-order valence-electron chi connectivity index (χ3n) is 5.87. The number of aromatic nitrogens is 2. The summed E-state index contributed by atoms with van der Waals surface area (Å²) in [6, 6.07) is 10.9. The monoisotopic (exact) mass is 409 g/mol. The predicted molar refractivity (Wildman–Crippen MR) is 124 cm³/mol. The van der Waals surface area contributed by atoms with Gasteiger partial charge in [-0.1, -0.05) is 12.1 Å². The van der Waals surface area contributed by atoms with E-state index in [9.17, 15) is 0 Å². The van der Waals surface area contributed by atoms with Crippen LogP contribution in [0.3, 0.4) is 0 Å². The van der Waals surface area contributed by atoms with Gasteiger partial charge in [-0.3, -0.25) is 0 Å². The maximum atomic E-state index is 4.79. The van der Waals surface area contributed by atoms with Gasteiger partial charge in [0.25, 0.3) is 0 Å². The van der Waals surface area contributed by atoms with E-state index in [4.69, 9.17) is 9.97 Å². The zero-order chi connectivity index (χ0) is 20.2. The molecule has 0 spiro atoms. The Bertz CT molecular complexity index is 943. The van der Waals surface area contributed by atoms with Gasteiger partial charge in [-0.2, -0.15) is 4.98 Å². The van der Waals surface area contributed by atoms with E-state index in [0.717, 1.165) is 41.7 Å². The number of nitrogens with zero attached hydrogens (tertiary/aromatic N) is 3. The van der Waals surface area contributed by atoms with Crippen molar-refractivity contribution in [3.05, 3.63) is 46.2 Å². The van der Waals surface area contributed by atoms with Crippen LogP contribution in [0.15, 0.2) is 35.7 Å². The fourth-order valence-electron chi connectivity index (χ4n) is 4.13. The van der Waals surface area contributed by atoms with E-state index in [1.165, 1.54) is 36.1 Å². The summed E-state index contributed by atoms with van der Waals surface area (Å²) in [4.78, 5) is 13.1. The van der Waals surface area contributed by atoms with Crippen molar-refractivity contribution in [3.8, 4) is 0 Å². The summed E-state index contributed by atoms with van der Waals surface area (Å²) < 4.78 is 0. The second-order valence-corrected chi connectivity index (χ2v) is 9.30. The molecule has 6 heteroatoms. The van der Waals surface area contributed by atoms with Gasteiger partial charge in [-0.15, -0.1) is 11.3 Å². The Morgan fingerprint density at radius 1 is 1.07 bits per heavy atom. The lowest BCUT2D eigenvalue weighted by Crippen LogP contribution is -2.31. The van der Waals surface area contributed by atoms with Crippen molar-refractivity contribution in [1.82, 2.24) is 15.3 Å². The highest BCUT2D eigenvalue weighted by Crippen LogP contribution is 2.28. The predicted octanol–water partition coefficient (Wildman–Crippen LogP) is 4.83. The maximum Gasteiger partial charge on any atom is 0.225 e. The first-order chi connectivity index (χ1) is 14.1. The molecule has 1 aliphatic rings. The van der Waals surface area contributed by atoms with Crippen LogP contribution in [-0.4, -0.2) is 36.6 Å². The van der Waals surface area contributed by atoms with Crippen molar-refractivity contribution in [3.63, 3.8) is 0 Å². The van der Waals surface area contributed by atoms with Gasteiger partial charge in [0.15, 0.2) is 0 Å². The number of aryl methyl sites for hydroxylation is 1. The van der Waals surface area contributed by atoms with Crippen LogP contribution >= 0.6 is 11.3 Å². The van der Waals surface area contributed by atoms with Crippen molar-refractivity contribution in [1.29, 1.82) is 0 Å². The molecule has 29 heavy (non-hydrogen) atoms. The van der Waals surface area contributed by atoms with Gasteiger partial charge in [-0.05, 0) is 74.2 Å². The molecule has 4 rings (SSSR count). The highest BCUT2D eigenvalue weighted by atomic mass is 32.1. The molecular formula is C23H31N5S. The number of rotatable bonds is 7. The Balaban J connectivity index is 1.31. The number of para-hydroxylation sites is 1. The summed E-state index contributed by atoms with van der Waals surface area (Å²) in [5, 5.41) is 10.5. The number of hydrogen-bond donors (Lipinski definition) is 2. The zero-order valence-electron chi connectivity index (χ0n) is 17.6. The highest BCUT2D eigenvalue weighted by molar-refractivity contribution is 7.10. The SMILES string of the molecule is Cc1ccsc1CNCC1CCC(Nc2nc(N(C)C)c3ccccc3n2)CC1. The van der Waals surface area contributed by atoms with Gasteiger partial charge < -0.3 is 15.5 Å². The number of benzene rings is 1. The zero-order valence-corrected chi connectivity index (χ0v) is 18.4. The van der Waals surface area contributed by atoms with Crippen LogP contribution in [0, 0.1) is 12.8 Å². The van der Waals surface area contributed by atoms with Gasteiger partial charge in [0.2, 0.25) is 5.95 Å². The van der Waals surface area contributed by atoms with Gasteiger partial charge in [0.05, 0.1) is 5.52 Å². The van der Waals surface area contributed by atoms with Gasteiger partial charge in [0, 0.05) is 36.9 Å². The second-order valence-electron chi connectivity index (χ2n) is 8.30. The molecule has 2 aromatic heterocycles. The van der Waals surface area contributed by atoms with E-state index < -0.39 is 0 Å². The van der Waals surface area contributed by atoms with E-state index in [1.54, 1.807) is 0 Å². The molecule has 0 saturated heterocycles. The first-order valence-electron chi connectivity index (χ1n) is 10.5. The molecule has 0 atom stereocenters. The number of thiophene rings is 1. The standard InChI is InChI=1S/C23H31N5S/c1-16-12-13-29-21(16)15-24-14-17-8-10-18(11-9-17)25-23-26-20-7-5-4-6-19(20)22(27-23)28(2)3/h4-7,12-13,17-18,24H,8-11,14-15H2,1-3H3,(H,25,26,27). The lowest BCUT2D eigenvalue weighted by atomic mass is 9.86. The molecule has 3 aromatic rings. The van der Waals surface area contributed by atoms with Crippen LogP contribution in [-0.2, 0) is 6.54 Å². The molecule has 1 fully saturated rings. The lowest BCUT2D eigenvalue weighted by molar-refractivity contribution is 0.324. The summed E-state index contributed by atoms with van der Waals surface area (Å²) in [6.07, 6.45) is 4.86. The van der Waals surface area contributed by atoms with Gasteiger partial charge in [-0.25, -0.2) is 4.98 Å². The van der Waals surface area contributed by atoms with Crippen LogP contribution in [0.2, 0.25) is 0 Å². The summed E-state index contributed by atoms with van der Waals surface area (Å²) in [6.45, 7) is 4.31. The van der Waals surface area contributed by atoms with Crippen LogP contribution in [0.1, 0.15) is 36.1 Å². The molecule has 1 aromatic carbocycles. The molecule has 2 N–H and O–H groups in total. The lowest BCUT2D eigenvalue weighted by Gasteiger charge is -2.29. The van der Waals surface area contributed by atoms with Crippen LogP contribution in [0.5, 0.6) is 0 Å². The van der Waals surface area contributed by atoms with Crippen molar-refractivity contribution < 1.29 is 0 Å². The van der Waals surface area contributed by atoms with Crippen LogP contribution in [0.25, 0.3) is 10.9 Å². The number of nitrogens with one attached hydrogen (secondary N) is 2. The van der Waals surface area contributed by atoms with Crippen molar-refractivity contribution in [2.24, 2.45) is 5.92 Å². The summed E-state index contributed by atoms with van der Waals surface area (Å²) in [5.41, 5.74) is 2.40. The summed E-state index contributed by atoms with van der Waals surface area (Å²) in [7, 11) is 4.07. The average molecular weight is 410 g/mol. The minimum atomic E-state index is 0.460. The van der Waals surface area contributed by atoms with Gasteiger partial charge in [0.1, 0.15) is 5.82 Å².